The fourth-order valence-corrected chi connectivity index (χ4v) is 3.15. The average Bonchev–Trinajstić information content (AvgIpc) is 2.83. The monoisotopic (exact) mass is 493 g/mol. The summed E-state index contributed by atoms with van der Waals surface area (Å²) < 4.78 is 14.9. The average molecular weight is 494 g/mol. The first kappa shape index (κ1) is 29.4. The van der Waals surface area contributed by atoms with Crippen LogP contribution >= 0.6 is 0 Å². The number of esters is 2. The molecule has 0 bridgehead atoms. The van der Waals surface area contributed by atoms with Gasteiger partial charge in [-0.3, -0.25) is 19.2 Å². The molecule has 1 rings (SSSR count). The number of hydrogen-bond acceptors (Lipinski definition) is 8. The van der Waals surface area contributed by atoms with Crippen molar-refractivity contribution in [1.82, 2.24) is 10.6 Å². The van der Waals surface area contributed by atoms with Gasteiger partial charge in [0.05, 0.1) is 25.6 Å². The summed E-state index contributed by atoms with van der Waals surface area (Å²) in [4.78, 5) is 60.2. The normalized spacial score (nSPS) is 12.1. The van der Waals surface area contributed by atoms with Gasteiger partial charge in [0.1, 0.15) is 12.6 Å². The number of primary amides is 1. The minimum Gasteiger partial charge on any atom is -0.466 e. The second-order valence-electron chi connectivity index (χ2n) is 7.61. The maximum absolute atomic E-state index is 12.3. The number of carbonyl (C=O) groups excluding carboxylic acids is 5. The van der Waals surface area contributed by atoms with Crippen LogP contribution in [0.3, 0.4) is 0 Å². The molecule has 11 nitrogen and oxygen atoms in total. The first-order valence-corrected chi connectivity index (χ1v) is 11.6. The Morgan fingerprint density at radius 1 is 0.914 bits per heavy atom. The largest absolute Gasteiger partial charge is 0.466 e. The second kappa shape index (κ2) is 16.9. The highest BCUT2D eigenvalue weighted by atomic mass is 16.5. The molecule has 0 aromatic heterocycles. The van der Waals surface area contributed by atoms with Gasteiger partial charge in [0.25, 0.3) is 0 Å². The summed E-state index contributed by atoms with van der Waals surface area (Å²) in [5.74, 6) is -4.28. The molecule has 0 radical (unpaired) electrons. The van der Waals surface area contributed by atoms with Gasteiger partial charge in [-0.15, -0.1) is 0 Å². The number of benzene rings is 1. The van der Waals surface area contributed by atoms with Gasteiger partial charge in [-0.05, 0) is 32.3 Å². The van der Waals surface area contributed by atoms with Gasteiger partial charge in [-0.25, -0.2) is 4.79 Å². The first-order valence-electron chi connectivity index (χ1n) is 11.6. The molecule has 4 N–H and O–H groups in total. The van der Waals surface area contributed by atoms with Crippen LogP contribution in [0.5, 0.6) is 0 Å². The van der Waals surface area contributed by atoms with Gasteiger partial charge >= 0.3 is 18.0 Å². The van der Waals surface area contributed by atoms with Crippen molar-refractivity contribution < 1.29 is 38.2 Å². The van der Waals surface area contributed by atoms with Crippen molar-refractivity contribution in [3.63, 3.8) is 0 Å². The molecule has 0 saturated carbocycles. The van der Waals surface area contributed by atoms with E-state index in [0.717, 1.165) is 5.56 Å². The maximum Gasteiger partial charge on any atom is 0.407 e. The standard InChI is InChI=1S/C24H35N3O8/c1-3-33-20(29)15-18(23(31)34-4-2)21(22(25)30)27-19(28)13-9-6-10-14-26-24(32)35-16-17-11-7-5-8-12-17/h5,7-8,11-12,18,21H,3-4,6,9-10,13-16H2,1-2H3,(H2,25,30)(H,26,32)(H,27,28)/t18-,21+/m0/s1. The highest BCUT2D eigenvalue weighted by molar-refractivity contribution is 5.92. The molecule has 0 spiro atoms. The molecule has 0 unspecified atom stereocenters. The number of rotatable bonds is 16. The zero-order valence-electron chi connectivity index (χ0n) is 20.2. The molecule has 0 aliphatic rings. The Labute approximate surface area is 205 Å². The molecular formula is C24H35N3O8. The highest BCUT2D eigenvalue weighted by Gasteiger charge is 2.37. The van der Waals surface area contributed by atoms with Crippen molar-refractivity contribution in [2.24, 2.45) is 11.7 Å². The molecule has 2 atom stereocenters. The lowest BCUT2D eigenvalue weighted by molar-refractivity contribution is -0.157. The van der Waals surface area contributed by atoms with Crippen LogP contribution in [0.15, 0.2) is 30.3 Å². The van der Waals surface area contributed by atoms with Crippen LogP contribution in [0.1, 0.15) is 51.5 Å². The SMILES string of the molecule is CCOC(=O)C[C@H](C(=O)OCC)[C@@H](NC(=O)CCCCCNC(=O)OCc1ccccc1)C(N)=O. The zero-order chi connectivity index (χ0) is 26.1. The smallest absolute Gasteiger partial charge is 0.407 e. The minimum absolute atomic E-state index is 0.0332. The van der Waals surface area contributed by atoms with E-state index in [1.807, 2.05) is 30.3 Å². The van der Waals surface area contributed by atoms with E-state index in [0.29, 0.717) is 25.8 Å². The van der Waals surface area contributed by atoms with Crippen LogP contribution in [0, 0.1) is 5.92 Å². The lowest BCUT2D eigenvalue weighted by atomic mass is 9.95. The van der Waals surface area contributed by atoms with Gasteiger partial charge < -0.3 is 30.6 Å². The first-order chi connectivity index (χ1) is 16.8. The molecule has 35 heavy (non-hydrogen) atoms. The van der Waals surface area contributed by atoms with Crippen molar-refractivity contribution in [3.05, 3.63) is 35.9 Å². The maximum atomic E-state index is 12.3. The Bertz CT molecular complexity index is 831. The van der Waals surface area contributed by atoms with E-state index >= 15 is 0 Å². The van der Waals surface area contributed by atoms with E-state index in [4.69, 9.17) is 19.9 Å². The lowest BCUT2D eigenvalue weighted by Crippen LogP contribution is -2.52. The number of hydrogen-bond donors (Lipinski definition) is 3. The molecule has 0 aliphatic heterocycles. The third-order valence-electron chi connectivity index (χ3n) is 4.87. The number of nitrogens with one attached hydrogen (secondary N) is 2. The number of ether oxygens (including phenoxy) is 3. The molecule has 194 valence electrons. The fraction of sp³-hybridized carbons (Fsp3) is 0.542. The Hall–Kier alpha value is -3.63. The molecule has 0 heterocycles. The Balaban J connectivity index is 2.40. The van der Waals surface area contributed by atoms with Crippen LogP contribution in [0.2, 0.25) is 0 Å². The number of carbonyl (C=O) groups is 5. The molecule has 3 amide bonds. The number of unbranched alkanes of at least 4 members (excludes halogenated alkanes) is 2. The number of nitrogens with two attached hydrogens (primary N) is 1. The number of alkyl carbamates (subject to hydrolysis) is 1. The summed E-state index contributed by atoms with van der Waals surface area (Å²) in [6.45, 7) is 3.87. The predicted molar refractivity (Wildman–Crippen MR) is 126 cm³/mol. The van der Waals surface area contributed by atoms with Crippen molar-refractivity contribution in [3.8, 4) is 0 Å². The van der Waals surface area contributed by atoms with E-state index in [9.17, 15) is 24.0 Å². The van der Waals surface area contributed by atoms with Gasteiger partial charge in [-0.1, -0.05) is 36.8 Å². The Kier molecular flexibility index (Phi) is 14.2. The third-order valence-corrected chi connectivity index (χ3v) is 4.87. The topological polar surface area (TPSA) is 163 Å². The third kappa shape index (κ3) is 12.4. The van der Waals surface area contributed by atoms with Crippen LogP contribution in [-0.4, -0.2) is 55.6 Å². The Morgan fingerprint density at radius 3 is 2.23 bits per heavy atom. The highest BCUT2D eigenvalue weighted by Crippen LogP contribution is 2.14. The van der Waals surface area contributed by atoms with E-state index in [1.54, 1.807) is 13.8 Å². The summed E-state index contributed by atoms with van der Waals surface area (Å²) in [6, 6.07) is 7.89. The van der Waals surface area contributed by atoms with E-state index in [1.165, 1.54) is 0 Å². The molecule has 0 saturated heterocycles. The van der Waals surface area contributed by atoms with Crippen LogP contribution in [0.25, 0.3) is 0 Å². The lowest BCUT2D eigenvalue weighted by Gasteiger charge is -2.23. The summed E-state index contributed by atoms with van der Waals surface area (Å²) in [5.41, 5.74) is 6.27. The van der Waals surface area contributed by atoms with Gasteiger partial charge in [0.15, 0.2) is 0 Å². The summed E-state index contributed by atoms with van der Waals surface area (Å²) in [6.07, 6.45) is 0.797. The van der Waals surface area contributed by atoms with Crippen LogP contribution < -0.4 is 16.4 Å². The van der Waals surface area contributed by atoms with Gasteiger partial charge in [-0.2, -0.15) is 0 Å². The molecule has 1 aromatic carbocycles. The quantitative estimate of drug-likeness (QED) is 0.177. The van der Waals surface area contributed by atoms with E-state index < -0.39 is 48.2 Å². The summed E-state index contributed by atoms with van der Waals surface area (Å²) >= 11 is 0. The van der Waals surface area contributed by atoms with Crippen molar-refractivity contribution in [2.75, 3.05) is 19.8 Å². The molecule has 11 heteroatoms. The van der Waals surface area contributed by atoms with Gasteiger partial charge in [0.2, 0.25) is 11.8 Å². The number of amides is 3. The van der Waals surface area contributed by atoms with Crippen molar-refractivity contribution in [2.45, 2.75) is 58.6 Å². The second-order valence-corrected chi connectivity index (χ2v) is 7.61. The predicted octanol–water partition coefficient (Wildman–Crippen LogP) is 1.58. The van der Waals surface area contributed by atoms with Crippen LogP contribution in [-0.2, 0) is 40.0 Å². The summed E-state index contributed by atoms with van der Waals surface area (Å²) in [7, 11) is 0. The van der Waals surface area contributed by atoms with Crippen LogP contribution in [0.4, 0.5) is 4.79 Å². The zero-order valence-corrected chi connectivity index (χ0v) is 20.2. The van der Waals surface area contributed by atoms with Gasteiger partial charge in [0, 0.05) is 13.0 Å². The molecule has 0 aliphatic carbocycles. The van der Waals surface area contributed by atoms with E-state index in [-0.39, 0.29) is 26.2 Å². The molecule has 1 aromatic rings. The molecular weight excluding hydrogens is 458 g/mol. The fourth-order valence-electron chi connectivity index (χ4n) is 3.15. The van der Waals surface area contributed by atoms with E-state index in [2.05, 4.69) is 10.6 Å². The van der Waals surface area contributed by atoms with Crippen molar-refractivity contribution >= 4 is 29.8 Å². The Morgan fingerprint density at radius 2 is 1.60 bits per heavy atom. The van der Waals surface area contributed by atoms with Crippen molar-refractivity contribution in [1.29, 1.82) is 0 Å². The minimum atomic E-state index is -1.41. The summed E-state index contributed by atoms with van der Waals surface area (Å²) in [5, 5.41) is 5.07. The molecule has 0 fully saturated rings.